The van der Waals surface area contributed by atoms with Crippen molar-refractivity contribution in [2.75, 3.05) is 32.1 Å². The smallest absolute Gasteiger partial charge is 0.321 e. The van der Waals surface area contributed by atoms with Gasteiger partial charge < -0.3 is 14.4 Å². The van der Waals surface area contributed by atoms with E-state index >= 15 is 0 Å². The standard InChI is InChI=1S/C22H26N4OS/c1-4-13-26-14-12-20(25(2)3)17-9-7-8-16(21(17)26)15-28(27)22-23-18-10-5-6-11-19(18)24-22/h4-11,20H,1,12-15H2,2-3H3,(H,23,24). The molecule has 1 aromatic heterocycles. The SMILES string of the molecule is C=CCN1CCC(N(C)C)c2cccc(C[S+]([O-])c3nc4ccccc4[nH]3)c21. The number of nitrogens with one attached hydrogen (secondary N) is 1. The van der Waals surface area contributed by atoms with E-state index in [1.54, 1.807) is 0 Å². The van der Waals surface area contributed by atoms with Gasteiger partial charge in [-0.3, -0.25) is 4.98 Å². The van der Waals surface area contributed by atoms with Gasteiger partial charge in [-0.15, -0.1) is 6.58 Å². The van der Waals surface area contributed by atoms with E-state index in [1.165, 1.54) is 11.3 Å². The van der Waals surface area contributed by atoms with E-state index < -0.39 is 11.2 Å². The van der Waals surface area contributed by atoms with E-state index in [1.807, 2.05) is 30.3 Å². The minimum absolute atomic E-state index is 0.371. The molecule has 0 radical (unpaired) electrons. The summed E-state index contributed by atoms with van der Waals surface area (Å²) in [6.45, 7) is 5.68. The highest BCUT2D eigenvalue weighted by Gasteiger charge is 2.30. The first-order chi connectivity index (χ1) is 13.6. The summed E-state index contributed by atoms with van der Waals surface area (Å²) in [5.74, 6) is 0.441. The van der Waals surface area contributed by atoms with Crippen molar-refractivity contribution in [3.8, 4) is 0 Å². The molecule has 6 heteroatoms. The summed E-state index contributed by atoms with van der Waals surface area (Å²) in [7, 11) is 4.24. The molecule has 0 bridgehead atoms. The minimum atomic E-state index is -1.24. The Morgan fingerprint density at radius 1 is 1.29 bits per heavy atom. The molecular formula is C22H26N4OS. The lowest BCUT2D eigenvalue weighted by molar-refractivity contribution is 0.278. The fraction of sp³-hybridized carbons (Fsp3) is 0.318. The predicted molar refractivity (Wildman–Crippen MR) is 116 cm³/mol. The number of imidazole rings is 1. The molecule has 5 nitrogen and oxygen atoms in total. The maximum Gasteiger partial charge on any atom is 0.321 e. The van der Waals surface area contributed by atoms with Gasteiger partial charge in [0.25, 0.3) is 0 Å². The molecule has 0 amide bonds. The highest BCUT2D eigenvalue weighted by molar-refractivity contribution is 7.90. The van der Waals surface area contributed by atoms with E-state index in [2.05, 4.69) is 58.6 Å². The van der Waals surface area contributed by atoms with Crippen molar-refractivity contribution in [2.24, 2.45) is 0 Å². The van der Waals surface area contributed by atoms with E-state index in [0.29, 0.717) is 17.0 Å². The molecule has 0 aliphatic carbocycles. The van der Waals surface area contributed by atoms with Gasteiger partial charge >= 0.3 is 5.16 Å². The second-order valence-corrected chi connectivity index (χ2v) is 8.77. The van der Waals surface area contributed by atoms with Crippen LogP contribution in [0.25, 0.3) is 11.0 Å². The third-order valence-electron chi connectivity index (χ3n) is 5.34. The van der Waals surface area contributed by atoms with Gasteiger partial charge in [0.15, 0.2) is 0 Å². The zero-order chi connectivity index (χ0) is 19.7. The maximum absolute atomic E-state index is 13.1. The van der Waals surface area contributed by atoms with Gasteiger partial charge in [0, 0.05) is 41.6 Å². The molecule has 0 spiro atoms. The van der Waals surface area contributed by atoms with Gasteiger partial charge in [-0.25, -0.2) is 0 Å². The van der Waals surface area contributed by atoms with E-state index in [9.17, 15) is 4.55 Å². The lowest BCUT2D eigenvalue weighted by Gasteiger charge is -2.39. The quantitative estimate of drug-likeness (QED) is 0.509. The average molecular weight is 395 g/mol. The summed E-state index contributed by atoms with van der Waals surface area (Å²) >= 11 is -1.24. The molecule has 2 aromatic carbocycles. The van der Waals surface area contributed by atoms with Crippen LogP contribution in [-0.4, -0.2) is 46.6 Å². The first-order valence-electron chi connectivity index (χ1n) is 9.55. The van der Waals surface area contributed by atoms with E-state index in [0.717, 1.165) is 36.1 Å². The number of para-hydroxylation sites is 3. The van der Waals surface area contributed by atoms with Crippen LogP contribution in [-0.2, 0) is 16.9 Å². The Morgan fingerprint density at radius 2 is 2.11 bits per heavy atom. The Labute approximate surface area is 169 Å². The number of anilines is 1. The maximum atomic E-state index is 13.1. The van der Waals surface area contributed by atoms with Gasteiger partial charge in [-0.1, -0.05) is 36.4 Å². The van der Waals surface area contributed by atoms with Crippen LogP contribution in [0.1, 0.15) is 23.6 Å². The molecule has 0 saturated heterocycles. The number of aromatic nitrogens is 2. The van der Waals surface area contributed by atoms with Crippen LogP contribution in [0.5, 0.6) is 0 Å². The summed E-state index contributed by atoms with van der Waals surface area (Å²) in [4.78, 5) is 12.4. The summed E-state index contributed by atoms with van der Waals surface area (Å²) in [5, 5.41) is 0.536. The minimum Gasteiger partial charge on any atom is -0.609 e. The van der Waals surface area contributed by atoms with Crippen molar-refractivity contribution in [3.63, 3.8) is 0 Å². The molecule has 0 fully saturated rings. The monoisotopic (exact) mass is 394 g/mol. The molecule has 1 aliphatic heterocycles. The highest BCUT2D eigenvalue weighted by atomic mass is 32.2. The third kappa shape index (κ3) is 3.55. The molecule has 0 saturated carbocycles. The molecule has 4 rings (SSSR count). The Hall–Kier alpha value is -2.28. The molecular weight excluding hydrogens is 368 g/mol. The molecule has 3 aromatic rings. The van der Waals surface area contributed by atoms with Crippen LogP contribution < -0.4 is 4.90 Å². The lowest BCUT2D eigenvalue weighted by atomic mass is 9.93. The van der Waals surface area contributed by atoms with Crippen LogP contribution >= 0.6 is 0 Å². The molecule has 28 heavy (non-hydrogen) atoms. The van der Waals surface area contributed by atoms with Crippen molar-refractivity contribution >= 4 is 27.9 Å². The topological polar surface area (TPSA) is 58.2 Å². The third-order valence-corrected chi connectivity index (χ3v) is 6.54. The summed E-state index contributed by atoms with van der Waals surface area (Å²) in [5.41, 5.74) is 5.38. The van der Waals surface area contributed by atoms with Gasteiger partial charge in [0.2, 0.25) is 0 Å². The highest BCUT2D eigenvalue weighted by Crippen LogP contribution is 2.39. The fourth-order valence-corrected chi connectivity index (χ4v) is 5.13. The average Bonchev–Trinajstić information content (AvgIpc) is 3.12. The number of hydrogen-bond acceptors (Lipinski definition) is 4. The second kappa shape index (κ2) is 7.99. The zero-order valence-corrected chi connectivity index (χ0v) is 17.2. The van der Waals surface area contributed by atoms with Gasteiger partial charge in [-0.2, -0.15) is 4.98 Å². The molecule has 2 atom stereocenters. The molecule has 2 unspecified atom stereocenters. The number of fused-ring (bicyclic) bond motifs is 2. The normalized spacial score (nSPS) is 17.7. The van der Waals surface area contributed by atoms with Crippen LogP contribution in [0.2, 0.25) is 0 Å². The number of nitrogens with zero attached hydrogens (tertiary/aromatic N) is 3. The number of benzene rings is 2. The first-order valence-corrected chi connectivity index (χ1v) is 10.9. The second-order valence-electron chi connectivity index (χ2n) is 7.41. The zero-order valence-electron chi connectivity index (χ0n) is 16.4. The van der Waals surface area contributed by atoms with Crippen LogP contribution in [0, 0.1) is 0 Å². The lowest BCUT2D eigenvalue weighted by Crippen LogP contribution is -2.36. The van der Waals surface area contributed by atoms with E-state index in [-0.39, 0.29) is 0 Å². The van der Waals surface area contributed by atoms with Gasteiger partial charge in [-0.05, 0) is 38.2 Å². The largest absolute Gasteiger partial charge is 0.609 e. The Morgan fingerprint density at radius 3 is 2.86 bits per heavy atom. The number of hydrogen-bond donors (Lipinski definition) is 1. The van der Waals surface area contributed by atoms with Gasteiger partial charge in [0.1, 0.15) is 5.75 Å². The van der Waals surface area contributed by atoms with Crippen molar-refractivity contribution in [2.45, 2.75) is 23.4 Å². The van der Waals surface area contributed by atoms with Crippen LogP contribution in [0.15, 0.2) is 60.3 Å². The van der Waals surface area contributed by atoms with Crippen LogP contribution in [0.4, 0.5) is 5.69 Å². The summed E-state index contributed by atoms with van der Waals surface area (Å²) in [6, 6.07) is 14.5. The summed E-state index contributed by atoms with van der Waals surface area (Å²) in [6.07, 6.45) is 3.01. The Bertz CT molecular complexity index is 951. The molecule has 146 valence electrons. The summed E-state index contributed by atoms with van der Waals surface area (Å²) < 4.78 is 13.1. The molecule has 1 N–H and O–H groups in total. The number of aromatic amines is 1. The first kappa shape index (κ1) is 19.1. The molecule has 1 aliphatic rings. The van der Waals surface area contributed by atoms with Crippen molar-refractivity contribution in [3.05, 3.63) is 66.2 Å². The number of H-pyrrole nitrogens is 1. The number of rotatable bonds is 6. The van der Waals surface area contributed by atoms with Crippen molar-refractivity contribution in [1.29, 1.82) is 0 Å². The Kier molecular flexibility index (Phi) is 5.44. The fourth-order valence-electron chi connectivity index (χ4n) is 4.05. The molecule has 2 heterocycles. The van der Waals surface area contributed by atoms with Crippen molar-refractivity contribution in [1.82, 2.24) is 14.9 Å². The van der Waals surface area contributed by atoms with Gasteiger partial charge in [0.05, 0.1) is 11.0 Å². The predicted octanol–water partition coefficient (Wildman–Crippen LogP) is 3.87. The van der Waals surface area contributed by atoms with Crippen molar-refractivity contribution < 1.29 is 4.55 Å². The Balaban J connectivity index is 1.69. The van der Waals surface area contributed by atoms with E-state index in [4.69, 9.17) is 0 Å². The van der Waals surface area contributed by atoms with Crippen LogP contribution in [0.3, 0.4) is 0 Å².